The van der Waals surface area contributed by atoms with Crippen LogP contribution < -0.4 is 0 Å². The molecule has 0 bridgehead atoms. The fourth-order valence-electron chi connectivity index (χ4n) is 1.69. The Labute approximate surface area is 118 Å². The van der Waals surface area contributed by atoms with Crippen molar-refractivity contribution in [2.24, 2.45) is 0 Å². The van der Waals surface area contributed by atoms with Gasteiger partial charge in [-0.15, -0.1) is 0 Å². The Morgan fingerprint density at radius 2 is 2.10 bits per heavy atom. The molecule has 21 heavy (non-hydrogen) atoms. The minimum absolute atomic E-state index is 0.187. The number of imidazole rings is 1. The Morgan fingerprint density at radius 1 is 1.38 bits per heavy atom. The first-order valence-corrected chi connectivity index (χ1v) is 5.97. The van der Waals surface area contributed by atoms with E-state index in [0.29, 0.717) is 6.92 Å². The van der Waals surface area contributed by atoms with E-state index in [1.54, 1.807) is 0 Å². The van der Waals surface area contributed by atoms with Gasteiger partial charge in [-0.1, -0.05) is 0 Å². The summed E-state index contributed by atoms with van der Waals surface area (Å²) in [5.41, 5.74) is -2.76. The lowest BCUT2D eigenvalue weighted by atomic mass is 10.1. The number of ketones is 1. The number of pyridine rings is 1. The van der Waals surface area contributed by atoms with Crippen LogP contribution in [0.5, 0.6) is 0 Å². The van der Waals surface area contributed by atoms with Crippen LogP contribution in [0.3, 0.4) is 0 Å². The van der Waals surface area contributed by atoms with Crippen LogP contribution in [0.4, 0.5) is 13.2 Å². The van der Waals surface area contributed by atoms with Crippen molar-refractivity contribution in [3.05, 3.63) is 48.3 Å². The van der Waals surface area contributed by atoms with E-state index in [1.165, 1.54) is 36.9 Å². The first-order valence-electron chi connectivity index (χ1n) is 5.97. The first kappa shape index (κ1) is 15.2. The molecule has 0 aliphatic heterocycles. The van der Waals surface area contributed by atoms with E-state index in [-0.39, 0.29) is 11.4 Å². The molecule has 0 saturated heterocycles. The van der Waals surface area contributed by atoms with E-state index in [9.17, 15) is 23.1 Å². The minimum Gasteiger partial charge on any atom is -0.379 e. The quantitative estimate of drug-likeness (QED) is 0.874. The minimum atomic E-state index is -4.81. The molecule has 0 amide bonds. The number of nitrogens with zero attached hydrogens (tertiary/aromatic N) is 3. The summed E-state index contributed by atoms with van der Waals surface area (Å²) in [6.45, 7) is -0.177. The third-order valence-corrected chi connectivity index (χ3v) is 2.93. The zero-order chi connectivity index (χ0) is 15.7. The Morgan fingerprint density at radius 3 is 2.67 bits per heavy atom. The molecule has 8 heteroatoms. The number of alkyl halides is 3. The van der Waals surface area contributed by atoms with Gasteiger partial charge in [0.25, 0.3) is 0 Å². The molecular weight excluding hydrogens is 287 g/mol. The second kappa shape index (κ2) is 5.28. The van der Waals surface area contributed by atoms with Gasteiger partial charge in [-0.2, -0.15) is 13.2 Å². The third-order valence-electron chi connectivity index (χ3n) is 2.93. The van der Waals surface area contributed by atoms with Crippen molar-refractivity contribution in [3.63, 3.8) is 0 Å². The van der Waals surface area contributed by atoms with Gasteiger partial charge in [-0.25, -0.2) is 4.98 Å². The third kappa shape index (κ3) is 3.10. The molecule has 112 valence electrons. The fraction of sp³-hybridized carbons (Fsp3) is 0.308. The summed E-state index contributed by atoms with van der Waals surface area (Å²) in [6, 6.07) is 3.02. The monoisotopic (exact) mass is 299 g/mol. The Kier molecular flexibility index (Phi) is 3.82. The van der Waals surface area contributed by atoms with E-state index in [0.717, 1.165) is 4.57 Å². The van der Waals surface area contributed by atoms with Gasteiger partial charge in [0.2, 0.25) is 5.78 Å². The maximum atomic E-state index is 12.7. The van der Waals surface area contributed by atoms with Crippen LogP contribution >= 0.6 is 0 Å². The molecule has 2 heterocycles. The lowest BCUT2D eigenvalue weighted by molar-refractivity contribution is -0.257. The maximum Gasteiger partial charge on any atom is 0.418 e. The average molecular weight is 299 g/mol. The highest BCUT2D eigenvalue weighted by atomic mass is 19.4. The highest BCUT2D eigenvalue weighted by Gasteiger charge is 2.50. The highest BCUT2D eigenvalue weighted by molar-refractivity contribution is 6.06. The SMILES string of the molecule is C[C@](O)(Cn1ccnc1C(=O)c1cccnc1)C(F)(F)F. The van der Waals surface area contributed by atoms with E-state index < -0.39 is 24.1 Å². The molecule has 0 fully saturated rings. The predicted molar refractivity (Wildman–Crippen MR) is 66.6 cm³/mol. The molecule has 1 N–H and O–H groups in total. The van der Waals surface area contributed by atoms with E-state index >= 15 is 0 Å². The summed E-state index contributed by atoms with van der Waals surface area (Å²) >= 11 is 0. The van der Waals surface area contributed by atoms with Crippen LogP contribution in [-0.4, -0.2) is 37.2 Å². The van der Waals surface area contributed by atoms with Gasteiger partial charge in [-0.05, 0) is 19.1 Å². The summed E-state index contributed by atoms with van der Waals surface area (Å²) in [5.74, 6) is -0.751. The first-order chi connectivity index (χ1) is 9.72. The molecule has 0 spiro atoms. The number of halogens is 3. The number of carbonyl (C=O) groups excluding carboxylic acids is 1. The Bertz CT molecular complexity index is 636. The molecular formula is C13H12F3N3O2. The van der Waals surface area contributed by atoms with Crippen molar-refractivity contribution in [2.75, 3.05) is 0 Å². The number of hydrogen-bond acceptors (Lipinski definition) is 4. The average Bonchev–Trinajstić information content (AvgIpc) is 2.85. The van der Waals surface area contributed by atoms with Crippen LogP contribution in [0.15, 0.2) is 36.9 Å². The summed E-state index contributed by atoms with van der Waals surface area (Å²) < 4.78 is 39.1. The van der Waals surface area contributed by atoms with Crippen molar-refractivity contribution >= 4 is 5.78 Å². The lowest BCUT2D eigenvalue weighted by Gasteiger charge is -2.27. The molecule has 2 rings (SSSR count). The van der Waals surface area contributed by atoms with Gasteiger partial charge in [0.05, 0.1) is 6.54 Å². The second-order valence-corrected chi connectivity index (χ2v) is 4.72. The number of aliphatic hydroxyl groups is 1. The molecule has 2 aromatic heterocycles. The summed E-state index contributed by atoms with van der Waals surface area (Å²) in [7, 11) is 0. The van der Waals surface area contributed by atoms with E-state index in [1.807, 2.05) is 0 Å². The van der Waals surface area contributed by atoms with Crippen molar-refractivity contribution in [1.82, 2.24) is 14.5 Å². The molecule has 2 aromatic rings. The number of aromatic nitrogens is 3. The Hall–Kier alpha value is -2.22. The maximum absolute atomic E-state index is 12.7. The van der Waals surface area contributed by atoms with Crippen molar-refractivity contribution in [2.45, 2.75) is 25.2 Å². The van der Waals surface area contributed by atoms with Crippen LogP contribution in [-0.2, 0) is 6.54 Å². The topological polar surface area (TPSA) is 68.0 Å². The van der Waals surface area contributed by atoms with Crippen LogP contribution in [0.1, 0.15) is 23.1 Å². The van der Waals surface area contributed by atoms with Crippen LogP contribution in [0, 0.1) is 0 Å². The van der Waals surface area contributed by atoms with E-state index in [4.69, 9.17) is 0 Å². The molecule has 0 saturated carbocycles. The zero-order valence-electron chi connectivity index (χ0n) is 11.0. The van der Waals surface area contributed by atoms with E-state index in [2.05, 4.69) is 9.97 Å². The van der Waals surface area contributed by atoms with Gasteiger partial charge in [-0.3, -0.25) is 9.78 Å². The molecule has 0 aliphatic rings. The fourth-order valence-corrected chi connectivity index (χ4v) is 1.69. The van der Waals surface area contributed by atoms with Gasteiger partial charge in [0.1, 0.15) is 0 Å². The molecule has 1 atom stereocenters. The largest absolute Gasteiger partial charge is 0.418 e. The van der Waals surface area contributed by atoms with Crippen molar-refractivity contribution < 1.29 is 23.1 Å². The van der Waals surface area contributed by atoms with Crippen LogP contribution in [0.25, 0.3) is 0 Å². The predicted octanol–water partition coefficient (Wildman–Crippen LogP) is 1.82. The molecule has 0 aliphatic carbocycles. The van der Waals surface area contributed by atoms with Crippen LogP contribution in [0.2, 0.25) is 0 Å². The Balaban J connectivity index is 2.30. The summed E-state index contributed by atoms with van der Waals surface area (Å²) in [5, 5.41) is 9.50. The highest BCUT2D eigenvalue weighted by Crippen LogP contribution is 2.31. The second-order valence-electron chi connectivity index (χ2n) is 4.72. The molecule has 0 unspecified atom stereocenters. The molecule has 0 radical (unpaired) electrons. The number of rotatable bonds is 4. The lowest BCUT2D eigenvalue weighted by Crippen LogP contribution is -2.46. The standard InChI is InChI=1S/C13H12F3N3O2/c1-12(21,13(14,15)16)8-19-6-5-18-11(19)10(20)9-3-2-4-17-7-9/h2-7,21H,8H2,1H3/t12-/m0/s1. The van der Waals surface area contributed by atoms with Gasteiger partial charge < -0.3 is 9.67 Å². The van der Waals surface area contributed by atoms with Gasteiger partial charge in [0, 0.05) is 30.4 Å². The normalized spacial score (nSPS) is 14.7. The zero-order valence-corrected chi connectivity index (χ0v) is 11.0. The van der Waals surface area contributed by atoms with Crippen molar-refractivity contribution in [3.8, 4) is 0 Å². The number of hydrogen-bond donors (Lipinski definition) is 1. The van der Waals surface area contributed by atoms with Crippen molar-refractivity contribution in [1.29, 1.82) is 0 Å². The number of carbonyl (C=O) groups is 1. The summed E-state index contributed by atoms with van der Waals surface area (Å²) in [6.07, 6.45) is 0.368. The molecule has 0 aromatic carbocycles. The van der Waals surface area contributed by atoms with Gasteiger partial charge >= 0.3 is 6.18 Å². The van der Waals surface area contributed by atoms with Gasteiger partial charge in [0.15, 0.2) is 11.4 Å². The molecule has 5 nitrogen and oxygen atoms in total. The smallest absolute Gasteiger partial charge is 0.379 e. The summed E-state index contributed by atoms with van der Waals surface area (Å²) in [4.78, 5) is 19.7.